The van der Waals surface area contributed by atoms with Gasteiger partial charge in [-0.25, -0.2) is 0 Å². The molecule has 2 atom stereocenters. The van der Waals surface area contributed by atoms with Crippen LogP contribution in [0, 0.1) is 0 Å². The largest absolute Gasteiger partial charge is 0.377 e. The molecule has 0 bridgehead atoms. The molecule has 2 heteroatoms. The van der Waals surface area contributed by atoms with Crippen LogP contribution in [-0.4, -0.2) is 25.3 Å². The summed E-state index contributed by atoms with van der Waals surface area (Å²) in [4.78, 5) is 0. The van der Waals surface area contributed by atoms with Gasteiger partial charge in [0, 0.05) is 19.2 Å². The highest BCUT2D eigenvalue weighted by atomic mass is 16.5. The van der Waals surface area contributed by atoms with Crippen LogP contribution in [0.3, 0.4) is 0 Å². The molecule has 1 fully saturated rings. The van der Waals surface area contributed by atoms with E-state index in [0.717, 1.165) is 19.6 Å². The zero-order chi connectivity index (χ0) is 11.9. The van der Waals surface area contributed by atoms with Gasteiger partial charge in [0.25, 0.3) is 0 Å². The summed E-state index contributed by atoms with van der Waals surface area (Å²) in [6.45, 7) is 4.22. The fourth-order valence-electron chi connectivity index (χ4n) is 2.27. The quantitative estimate of drug-likeness (QED) is 0.816. The third-order valence-electron chi connectivity index (χ3n) is 3.43. The lowest BCUT2D eigenvalue weighted by Gasteiger charge is -2.16. The minimum absolute atomic E-state index is 0.453. The molecule has 1 aliphatic rings. The number of nitrogens with one attached hydrogen (secondary N) is 1. The van der Waals surface area contributed by atoms with Crippen LogP contribution < -0.4 is 5.32 Å². The Morgan fingerprint density at radius 3 is 2.88 bits per heavy atom. The van der Waals surface area contributed by atoms with E-state index in [4.69, 9.17) is 4.74 Å². The highest BCUT2D eigenvalue weighted by Crippen LogP contribution is 2.11. The maximum absolute atomic E-state index is 5.60. The van der Waals surface area contributed by atoms with Gasteiger partial charge in [-0.15, -0.1) is 0 Å². The monoisotopic (exact) mass is 233 g/mol. The predicted molar refractivity (Wildman–Crippen MR) is 71.2 cm³/mol. The molecule has 0 aliphatic carbocycles. The van der Waals surface area contributed by atoms with Crippen molar-refractivity contribution in [2.24, 2.45) is 0 Å². The molecule has 94 valence electrons. The second-order valence-corrected chi connectivity index (χ2v) is 4.97. The molecular formula is C15H23NO. The standard InChI is InChI=1S/C15H23NO/c1-13(16-12-15-8-5-11-17-15)9-10-14-6-3-2-4-7-14/h2-4,6-7,13,15-16H,5,8-12H2,1H3/t13-,15-/m1/s1. The Morgan fingerprint density at radius 2 is 2.18 bits per heavy atom. The van der Waals surface area contributed by atoms with Crippen molar-refractivity contribution >= 4 is 0 Å². The van der Waals surface area contributed by atoms with Gasteiger partial charge in [-0.05, 0) is 38.2 Å². The Morgan fingerprint density at radius 1 is 1.35 bits per heavy atom. The van der Waals surface area contributed by atoms with E-state index in [2.05, 4.69) is 42.6 Å². The first kappa shape index (κ1) is 12.6. The molecule has 1 aromatic carbocycles. The van der Waals surface area contributed by atoms with Crippen molar-refractivity contribution in [3.63, 3.8) is 0 Å². The summed E-state index contributed by atoms with van der Waals surface area (Å²) in [6, 6.07) is 11.3. The third kappa shape index (κ3) is 4.49. The van der Waals surface area contributed by atoms with Crippen LogP contribution in [0.25, 0.3) is 0 Å². The molecule has 17 heavy (non-hydrogen) atoms. The summed E-state index contributed by atoms with van der Waals surface area (Å²) < 4.78 is 5.60. The normalized spacial score (nSPS) is 21.6. The summed E-state index contributed by atoms with van der Waals surface area (Å²) in [5.41, 5.74) is 1.43. The van der Waals surface area contributed by atoms with E-state index in [9.17, 15) is 0 Å². The van der Waals surface area contributed by atoms with Crippen molar-refractivity contribution in [2.45, 2.75) is 44.8 Å². The van der Waals surface area contributed by atoms with Crippen molar-refractivity contribution in [2.75, 3.05) is 13.2 Å². The Kier molecular flexibility index (Phi) is 5.02. The van der Waals surface area contributed by atoms with Crippen LogP contribution in [0.1, 0.15) is 31.7 Å². The van der Waals surface area contributed by atoms with E-state index in [1.807, 2.05) is 0 Å². The van der Waals surface area contributed by atoms with E-state index in [0.29, 0.717) is 12.1 Å². The molecule has 1 heterocycles. The van der Waals surface area contributed by atoms with Crippen molar-refractivity contribution < 1.29 is 4.74 Å². The van der Waals surface area contributed by atoms with Crippen LogP contribution in [0.15, 0.2) is 30.3 Å². The summed E-state index contributed by atoms with van der Waals surface area (Å²) >= 11 is 0. The third-order valence-corrected chi connectivity index (χ3v) is 3.43. The molecule has 0 radical (unpaired) electrons. The molecular weight excluding hydrogens is 210 g/mol. The van der Waals surface area contributed by atoms with Crippen LogP contribution in [0.4, 0.5) is 0 Å². The topological polar surface area (TPSA) is 21.3 Å². The first-order chi connectivity index (χ1) is 8.34. The van der Waals surface area contributed by atoms with Gasteiger partial charge in [0.05, 0.1) is 6.10 Å². The smallest absolute Gasteiger partial charge is 0.0700 e. The lowest BCUT2D eigenvalue weighted by molar-refractivity contribution is 0.107. The van der Waals surface area contributed by atoms with Crippen molar-refractivity contribution in [3.8, 4) is 0 Å². The molecule has 2 rings (SSSR count). The number of rotatable bonds is 6. The summed E-state index contributed by atoms with van der Waals surface area (Å²) in [5, 5.41) is 3.57. The zero-order valence-electron chi connectivity index (χ0n) is 10.7. The molecule has 0 spiro atoms. The Balaban J connectivity index is 1.62. The molecule has 0 amide bonds. The summed E-state index contributed by atoms with van der Waals surface area (Å²) in [7, 11) is 0. The van der Waals surface area contributed by atoms with E-state index in [1.165, 1.54) is 24.8 Å². The Hall–Kier alpha value is -0.860. The Bertz CT molecular complexity index is 306. The van der Waals surface area contributed by atoms with Gasteiger partial charge < -0.3 is 10.1 Å². The fraction of sp³-hybridized carbons (Fsp3) is 0.600. The Labute approximate surface area is 104 Å². The van der Waals surface area contributed by atoms with Crippen molar-refractivity contribution in [1.82, 2.24) is 5.32 Å². The maximum Gasteiger partial charge on any atom is 0.0700 e. The van der Waals surface area contributed by atoms with Gasteiger partial charge in [0.15, 0.2) is 0 Å². The predicted octanol–water partition coefficient (Wildman–Crippen LogP) is 2.78. The van der Waals surface area contributed by atoms with Gasteiger partial charge >= 0.3 is 0 Å². The van der Waals surface area contributed by atoms with E-state index in [-0.39, 0.29) is 0 Å². The number of aryl methyl sites for hydroxylation is 1. The average Bonchev–Trinajstić information content (AvgIpc) is 2.88. The first-order valence-corrected chi connectivity index (χ1v) is 6.73. The second-order valence-electron chi connectivity index (χ2n) is 4.97. The first-order valence-electron chi connectivity index (χ1n) is 6.73. The highest BCUT2D eigenvalue weighted by molar-refractivity contribution is 5.14. The molecule has 1 aromatic rings. The van der Waals surface area contributed by atoms with Crippen molar-refractivity contribution in [1.29, 1.82) is 0 Å². The number of hydrogen-bond acceptors (Lipinski definition) is 2. The molecule has 0 unspecified atom stereocenters. The molecule has 0 aromatic heterocycles. The number of benzene rings is 1. The second kappa shape index (κ2) is 6.77. The SMILES string of the molecule is C[C@H](CCc1ccccc1)NC[C@H]1CCCO1. The van der Waals surface area contributed by atoms with E-state index in [1.54, 1.807) is 0 Å². The molecule has 0 saturated carbocycles. The van der Waals surface area contributed by atoms with Crippen LogP contribution in [-0.2, 0) is 11.2 Å². The molecule has 1 N–H and O–H groups in total. The lowest BCUT2D eigenvalue weighted by Crippen LogP contribution is -2.33. The highest BCUT2D eigenvalue weighted by Gasteiger charge is 2.15. The van der Waals surface area contributed by atoms with Gasteiger partial charge in [-0.2, -0.15) is 0 Å². The minimum Gasteiger partial charge on any atom is -0.377 e. The van der Waals surface area contributed by atoms with Gasteiger partial charge in [-0.1, -0.05) is 30.3 Å². The number of hydrogen-bond donors (Lipinski definition) is 1. The van der Waals surface area contributed by atoms with Crippen LogP contribution in [0.5, 0.6) is 0 Å². The summed E-state index contributed by atoms with van der Waals surface area (Å²) in [6.07, 6.45) is 5.25. The van der Waals surface area contributed by atoms with Gasteiger partial charge in [0.1, 0.15) is 0 Å². The van der Waals surface area contributed by atoms with Crippen molar-refractivity contribution in [3.05, 3.63) is 35.9 Å². The minimum atomic E-state index is 0.453. The van der Waals surface area contributed by atoms with Gasteiger partial charge in [-0.3, -0.25) is 0 Å². The maximum atomic E-state index is 5.60. The number of ether oxygens (including phenoxy) is 1. The lowest BCUT2D eigenvalue weighted by atomic mass is 10.1. The molecule has 2 nitrogen and oxygen atoms in total. The van der Waals surface area contributed by atoms with E-state index >= 15 is 0 Å². The average molecular weight is 233 g/mol. The fourth-order valence-corrected chi connectivity index (χ4v) is 2.27. The van der Waals surface area contributed by atoms with Crippen LogP contribution >= 0.6 is 0 Å². The van der Waals surface area contributed by atoms with Crippen LogP contribution in [0.2, 0.25) is 0 Å². The van der Waals surface area contributed by atoms with Gasteiger partial charge in [0.2, 0.25) is 0 Å². The summed E-state index contributed by atoms with van der Waals surface area (Å²) in [5.74, 6) is 0. The van der Waals surface area contributed by atoms with E-state index < -0.39 is 0 Å². The molecule has 1 saturated heterocycles. The molecule has 1 aliphatic heterocycles. The zero-order valence-corrected chi connectivity index (χ0v) is 10.7.